The lowest BCUT2D eigenvalue weighted by Crippen LogP contribution is -2.15. The molecule has 0 saturated carbocycles. The summed E-state index contributed by atoms with van der Waals surface area (Å²) < 4.78 is 21.0. The van der Waals surface area contributed by atoms with E-state index in [1.807, 2.05) is 32.0 Å². The highest BCUT2D eigenvalue weighted by Crippen LogP contribution is 2.18. The number of aromatic nitrogens is 2. The molecule has 0 radical (unpaired) electrons. The Kier molecular flexibility index (Phi) is 4.60. The van der Waals surface area contributed by atoms with E-state index in [2.05, 4.69) is 10.2 Å². The molecule has 24 heavy (non-hydrogen) atoms. The highest BCUT2D eigenvalue weighted by molar-refractivity contribution is 5.71. The molecule has 0 bridgehead atoms. The number of carbonyl (C=O) groups is 1. The van der Waals surface area contributed by atoms with Crippen molar-refractivity contribution in [3.63, 3.8) is 0 Å². The molecule has 124 valence electrons. The highest BCUT2D eigenvalue weighted by Gasteiger charge is 2.13. The highest BCUT2D eigenvalue weighted by atomic mass is 16.6. The molecule has 7 heteroatoms. The van der Waals surface area contributed by atoms with Gasteiger partial charge in [-0.1, -0.05) is 6.07 Å². The lowest BCUT2D eigenvalue weighted by molar-refractivity contribution is -0.148. The molecule has 2 heterocycles. The van der Waals surface area contributed by atoms with Crippen molar-refractivity contribution in [3.05, 3.63) is 53.6 Å². The summed E-state index contributed by atoms with van der Waals surface area (Å²) in [5, 5.41) is 7.61. The summed E-state index contributed by atoms with van der Waals surface area (Å²) in [6, 6.07) is 9.14. The predicted molar refractivity (Wildman–Crippen MR) is 83.2 cm³/mol. The van der Waals surface area contributed by atoms with E-state index in [-0.39, 0.29) is 25.0 Å². The van der Waals surface area contributed by atoms with Crippen LogP contribution < -0.4 is 4.74 Å². The monoisotopic (exact) mass is 328 g/mol. The molecule has 0 saturated heterocycles. The van der Waals surface area contributed by atoms with Crippen molar-refractivity contribution in [2.24, 2.45) is 0 Å². The Morgan fingerprint density at radius 2 is 1.96 bits per heavy atom. The first-order chi connectivity index (χ1) is 11.6. The third kappa shape index (κ3) is 4.01. The molecule has 1 aromatic carbocycles. The number of carbonyl (C=O) groups excluding carboxylic acids is 1. The van der Waals surface area contributed by atoms with Gasteiger partial charge in [-0.25, -0.2) is 4.79 Å². The van der Waals surface area contributed by atoms with Gasteiger partial charge in [0.1, 0.15) is 5.75 Å². The molecule has 7 nitrogen and oxygen atoms in total. The Hall–Kier alpha value is -3.09. The molecular formula is C17H16N2O5. The second kappa shape index (κ2) is 6.99. The van der Waals surface area contributed by atoms with Crippen LogP contribution in [0.1, 0.15) is 17.0 Å². The Morgan fingerprint density at radius 3 is 2.67 bits per heavy atom. The van der Waals surface area contributed by atoms with Gasteiger partial charge in [-0.05, 0) is 49.2 Å². The van der Waals surface area contributed by atoms with Gasteiger partial charge in [0.25, 0.3) is 11.8 Å². The van der Waals surface area contributed by atoms with Gasteiger partial charge in [0.05, 0.1) is 6.26 Å². The Morgan fingerprint density at radius 1 is 1.17 bits per heavy atom. The predicted octanol–water partition coefficient (Wildman–Crippen LogP) is 3.07. The summed E-state index contributed by atoms with van der Waals surface area (Å²) in [5.41, 5.74) is 2.13. The van der Waals surface area contributed by atoms with E-state index in [0.29, 0.717) is 11.5 Å². The quantitative estimate of drug-likeness (QED) is 0.642. The van der Waals surface area contributed by atoms with E-state index in [4.69, 9.17) is 18.3 Å². The minimum atomic E-state index is -0.521. The number of hydrogen-bond donors (Lipinski definition) is 0. The van der Waals surface area contributed by atoms with Crippen molar-refractivity contribution >= 4 is 5.97 Å². The van der Waals surface area contributed by atoms with Crippen LogP contribution in [0, 0.1) is 13.8 Å². The van der Waals surface area contributed by atoms with Crippen LogP contribution >= 0.6 is 0 Å². The number of rotatable bonds is 6. The number of ether oxygens (including phenoxy) is 2. The first kappa shape index (κ1) is 15.8. The normalized spacial score (nSPS) is 10.6. The van der Waals surface area contributed by atoms with Gasteiger partial charge in [0.2, 0.25) is 0 Å². The Bertz CT molecular complexity index is 803. The maximum absolute atomic E-state index is 11.7. The average Bonchev–Trinajstić information content (AvgIpc) is 3.20. The molecule has 0 amide bonds. The summed E-state index contributed by atoms with van der Waals surface area (Å²) in [6.45, 7) is 3.61. The van der Waals surface area contributed by atoms with E-state index in [1.54, 1.807) is 12.1 Å². The zero-order valence-electron chi connectivity index (χ0n) is 13.3. The lowest BCUT2D eigenvalue weighted by Gasteiger charge is -2.07. The number of furan rings is 1. The maximum Gasteiger partial charge on any atom is 0.344 e. The minimum Gasteiger partial charge on any atom is -0.482 e. The summed E-state index contributed by atoms with van der Waals surface area (Å²) in [6.07, 6.45) is 1.50. The van der Waals surface area contributed by atoms with E-state index < -0.39 is 5.97 Å². The van der Waals surface area contributed by atoms with E-state index >= 15 is 0 Å². The van der Waals surface area contributed by atoms with Gasteiger partial charge in [-0.3, -0.25) is 0 Å². The van der Waals surface area contributed by atoms with Gasteiger partial charge in [0.15, 0.2) is 19.0 Å². The Balaban J connectivity index is 1.49. The molecular weight excluding hydrogens is 312 g/mol. The zero-order valence-corrected chi connectivity index (χ0v) is 13.3. The van der Waals surface area contributed by atoms with Crippen molar-refractivity contribution in [2.45, 2.75) is 20.5 Å². The number of nitrogens with zero attached hydrogens (tertiary/aromatic N) is 2. The van der Waals surface area contributed by atoms with E-state index in [9.17, 15) is 4.79 Å². The molecule has 2 aromatic heterocycles. The number of aryl methyl sites for hydroxylation is 2. The molecule has 0 aliphatic heterocycles. The van der Waals surface area contributed by atoms with E-state index in [1.165, 1.54) is 6.26 Å². The van der Waals surface area contributed by atoms with Crippen LogP contribution in [0.3, 0.4) is 0 Å². The SMILES string of the molecule is Cc1cc(C)cc(OCC(=O)OCc2nnc(-c3ccco3)o2)c1. The fourth-order valence-corrected chi connectivity index (χ4v) is 2.15. The van der Waals surface area contributed by atoms with Crippen molar-refractivity contribution in [1.29, 1.82) is 0 Å². The van der Waals surface area contributed by atoms with E-state index in [0.717, 1.165) is 11.1 Å². The minimum absolute atomic E-state index is 0.122. The summed E-state index contributed by atoms with van der Waals surface area (Å²) >= 11 is 0. The largest absolute Gasteiger partial charge is 0.482 e. The van der Waals surface area contributed by atoms with Gasteiger partial charge in [0, 0.05) is 0 Å². The number of hydrogen-bond acceptors (Lipinski definition) is 7. The smallest absolute Gasteiger partial charge is 0.344 e. The van der Waals surface area contributed by atoms with Crippen LogP contribution in [0.2, 0.25) is 0 Å². The fraction of sp³-hybridized carbons (Fsp3) is 0.235. The molecule has 0 N–H and O–H groups in total. The lowest BCUT2D eigenvalue weighted by atomic mass is 10.1. The van der Waals surface area contributed by atoms with Crippen molar-refractivity contribution < 1.29 is 23.1 Å². The first-order valence-corrected chi connectivity index (χ1v) is 7.33. The molecule has 0 aliphatic rings. The zero-order chi connectivity index (χ0) is 16.9. The molecule has 0 unspecified atom stereocenters. The number of esters is 1. The van der Waals surface area contributed by atoms with Crippen LogP contribution in [0.25, 0.3) is 11.7 Å². The molecule has 3 rings (SSSR count). The third-order valence-electron chi connectivity index (χ3n) is 3.11. The van der Waals surface area contributed by atoms with Crippen LogP contribution in [0.5, 0.6) is 5.75 Å². The molecule has 0 fully saturated rings. The fourth-order valence-electron chi connectivity index (χ4n) is 2.15. The molecule has 0 atom stereocenters. The first-order valence-electron chi connectivity index (χ1n) is 7.33. The topological polar surface area (TPSA) is 87.6 Å². The van der Waals surface area contributed by atoms with Crippen LogP contribution in [-0.4, -0.2) is 22.8 Å². The van der Waals surface area contributed by atoms with Crippen LogP contribution in [-0.2, 0) is 16.1 Å². The second-order valence-electron chi connectivity index (χ2n) is 5.25. The van der Waals surface area contributed by atoms with Gasteiger partial charge in [-0.15, -0.1) is 10.2 Å². The second-order valence-corrected chi connectivity index (χ2v) is 5.25. The van der Waals surface area contributed by atoms with Gasteiger partial charge < -0.3 is 18.3 Å². The van der Waals surface area contributed by atoms with Gasteiger partial charge >= 0.3 is 5.97 Å². The summed E-state index contributed by atoms with van der Waals surface area (Å²) in [5.74, 6) is 0.978. The maximum atomic E-state index is 11.7. The van der Waals surface area contributed by atoms with Crippen molar-refractivity contribution in [3.8, 4) is 17.4 Å². The third-order valence-corrected chi connectivity index (χ3v) is 3.11. The Labute approximate surface area is 138 Å². The summed E-state index contributed by atoms with van der Waals surface area (Å²) in [4.78, 5) is 11.7. The molecule has 0 aliphatic carbocycles. The van der Waals surface area contributed by atoms with Crippen LogP contribution in [0.4, 0.5) is 0 Å². The average molecular weight is 328 g/mol. The van der Waals surface area contributed by atoms with Crippen molar-refractivity contribution in [2.75, 3.05) is 6.61 Å². The van der Waals surface area contributed by atoms with Crippen LogP contribution in [0.15, 0.2) is 45.4 Å². The van der Waals surface area contributed by atoms with Gasteiger partial charge in [-0.2, -0.15) is 0 Å². The number of benzene rings is 1. The molecule has 3 aromatic rings. The summed E-state index contributed by atoms with van der Waals surface area (Å²) in [7, 11) is 0. The standard InChI is InChI=1S/C17H16N2O5/c1-11-6-12(2)8-13(7-11)22-10-16(20)23-9-15-18-19-17(24-15)14-4-3-5-21-14/h3-8H,9-10H2,1-2H3. The molecule has 0 spiro atoms. The van der Waals surface area contributed by atoms with Crippen molar-refractivity contribution in [1.82, 2.24) is 10.2 Å².